The van der Waals surface area contributed by atoms with E-state index in [-0.39, 0.29) is 12.2 Å². The van der Waals surface area contributed by atoms with Gasteiger partial charge in [0.2, 0.25) is 0 Å². The highest BCUT2D eigenvalue weighted by atomic mass is 79.9. The van der Waals surface area contributed by atoms with Crippen LogP contribution in [0.5, 0.6) is 0 Å². The van der Waals surface area contributed by atoms with Gasteiger partial charge in [0.25, 0.3) is 0 Å². The maximum Gasteiger partial charge on any atom is 0.340 e. The molecule has 0 N–H and O–H groups in total. The third-order valence-electron chi connectivity index (χ3n) is 1.97. The summed E-state index contributed by atoms with van der Waals surface area (Å²) in [7, 11) is 1.17. The average Bonchev–Trinajstić information content (AvgIpc) is 2.28. The minimum absolute atomic E-state index is 0.0612. The molecule has 17 heavy (non-hydrogen) atoms. The highest BCUT2D eigenvalue weighted by Gasteiger charge is 2.15. The van der Waals surface area contributed by atoms with Crippen LogP contribution in [0.2, 0.25) is 0 Å². The van der Waals surface area contributed by atoms with Crippen LogP contribution in [0, 0.1) is 5.82 Å². The van der Waals surface area contributed by atoms with E-state index >= 15 is 0 Å². The summed E-state index contributed by atoms with van der Waals surface area (Å²) in [6.45, 7) is 1.20. The second-order valence-corrected chi connectivity index (χ2v) is 4.05. The minimum atomic E-state index is -0.762. The molecule has 0 spiro atoms. The van der Waals surface area contributed by atoms with Crippen LogP contribution >= 0.6 is 15.9 Å². The van der Waals surface area contributed by atoms with Crippen LogP contribution < -0.4 is 0 Å². The Labute approximate surface area is 106 Å². The zero-order chi connectivity index (χ0) is 13.0. The maximum atomic E-state index is 13.5. The molecular weight excluding hydrogens is 295 g/mol. The molecule has 0 unspecified atom stereocenters. The van der Waals surface area contributed by atoms with Gasteiger partial charge in [-0.05, 0) is 12.1 Å². The average molecular weight is 305 g/mol. The van der Waals surface area contributed by atoms with Crippen LogP contribution in [0.15, 0.2) is 16.6 Å². The van der Waals surface area contributed by atoms with E-state index in [1.165, 1.54) is 20.1 Å². The van der Waals surface area contributed by atoms with Gasteiger partial charge in [-0.25, -0.2) is 9.18 Å². The van der Waals surface area contributed by atoms with E-state index < -0.39 is 17.8 Å². The first-order valence-corrected chi connectivity index (χ1v) is 5.44. The first-order chi connectivity index (χ1) is 7.95. The first kappa shape index (κ1) is 13.6. The fraction of sp³-hybridized carbons (Fsp3) is 0.273. The molecule has 1 aromatic carbocycles. The number of halogens is 2. The third-order valence-corrected chi connectivity index (χ3v) is 2.71. The summed E-state index contributed by atoms with van der Waals surface area (Å²) in [4.78, 5) is 21.8. The Morgan fingerprint density at radius 1 is 1.41 bits per heavy atom. The van der Waals surface area contributed by atoms with Crippen molar-refractivity contribution in [2.75, 3.05) is 7.11 Å². The molecule has 4 nitrogen and oxygen atoms in total. The molecule has 0 atom stereocenters. The molecule has 0 heterocycles. The van der Waals surface area contributed by atoms with Crippen LogP contribution in [0.25, 0.3) is 0 Å². The van der Waals surface area contributed by atoms with Gasteiger partial charge in [0.15, 0.2) is 0 Å². The lowest BCUT2D eigenvalue weighted by molar-refractivity contribution is -0.142. The highest BCUT2D eigenvalue weighted by Crippen LogP contribution is 2.22. The number of hydrogen-bond acceptors (Lipinski definition) is 4. The van der Waals surface area contributed by atoms with Crippen molar-refractivity contribution < 1.29 is 23.5 Å². The number of carbonyl (C=O) groups is 2. The van der Waals surface area contributed by atoms with Gasteiger partial charge in [-0.15, -0.1) is 0 Å². The Morgan fingerprint density at radius 2 is 2.06 bits per heavy atom. The minimum Gasteiger partial charge on any atom is -0.465 e. The van der Waals surface area contributed by atoms with Gasteiger partial charge in [0, 0.05) is 17.0 Å². The molecule has 1 aromatic rings. The van der Waals surface area contributed by atoms with Crippen molar-refractivity contribution in [3.8, 4) is 0 Å². The predicted octanol–water partition coefficient (Wildman–Crippen LogP) is 2.44. The van der Waals surface area contributed by atoms with Crippen molar-refractivity contribution in [3.05, 3.63) is 33.5 Å². The number of rotatable bonds is 3. The summed E-state index contributed by atoms with van der Waals surface area (Å²) in [6.07, 6.45) is 0. The second-order valence-electron chi connectivity index (χ2n) is 3.20. The number of hydrogen-bond donors (Lipinski definition) is 0. The molecule has 0 aliphatic heterocycles. The quantitative estimate of drug-likeness (QED) is 0.805. The van der Waals surface area contributed by atoms with Crippen molar-refractivity contribution >= 4 is 27.9 Å². The molecule has 92 valence electrons. The van der Waals surface area contributed by atoms with Crippen molar-refractivity contribution in [3.63, 3.8) is 0 Å². The zero-order valence-corrected chi connectivity index (χ0v) is 10.8. The summed E-state index contributed by atoms with van der Waals surface area (Å²) in [6, 6.07) is 2.42. The predicted molar refractivity (Wildman–Crippen MR) is 60.9 cm³/mol. The molecule has 0 bridgehead atoms. The van der Waals surface area contributed by atoms with E-state index in [4.69, 9.17) is 4.74 Å². The summed E-state index contributed by atoms with van der Waals surface area (Å²) in [5.41, 5.74) is 0.260. The summed E-state index contributed by atoms with van der Waals surface area (Å²) in [5, 5.41) is 0. The van der Waals surface area contributed by atoms with E-state index in [1.54, 1.807) is 0 Å². The Balaban J connectivity index is 3.01. The van der Waals surface area contributed by atoms with Crippen LogP contribution in [-0.4, -0.2) is 19.0 Å². The Hall–Kier alpha value is -1.43. The van der Waals surface area contributed by atoms with E-state index in [2.05, 4.69) is 20.7 Å². The topological polar surface area (TPSA) is 52.6 Å². The molecule has 1 rings (SSSR count). The SMILES string of the molecule is COC(=O)c1cc(Br)c(COC(C)=O)cc1F. The largest absolute Gasteiger partial charge is 0.465 e. The fourth-order valence-electron chi connectivity index (χ4n) is 1.14. The van der Waals surface area contributed by atoms with E-state index in [0.29, 0.717) is 10.0 Å². The van der Waals surface area contributed by atoms with E-state index in [9.17, 15) is 14.0 Å². The second kappa shape index (κ2) is 5.77. The van der Waals surface area contributed by atoms with Gasteiger partial charge in [-0.3, -0.25) is 4.79 Å². The normalized spacial score (nSPS) is 9.88. The number of esters is 2. The lowest BCUT2D eigenvalue weighted by Gasteiger charge is -2.08. The summed E-state index contributed by atoms with van der Waals surface area (Å²) < 4.78 is 23.2. The Bertz CT molecular complexity index is 459. The third kappa shape index (κ3) is 3.52. The molecule has 0 saturated carbocycles. The Morgan fingerprint density at radius 3 is 2.59 bits per heavy atom. The Kier molecular flexibility index (Phi) is 4.62. The number of ether oxygens (including phenoxy) is 2. The monoisotopic (exact) mass is 304 g/mol. The van der Waals surface area contributed by atoms with Gasteiger partial charge >= 0.3 is 11.9 Å². The van der Waals surface area contributed by atoms with Gasteiger partial charge in [-0.2, -0.15) is 0 Å². The zero-order valence-electron chi connectivity index (χ0n) is 9.25. The molecule has 0 saturated heterocycles. The fourth-order valence-corrected chi connectivity index (χ4v) is 1.60. The molecule has 0 radical (unpaired) electrons. The smallest absolute Gasteiger partial charge is 0.340 e. The first-order valence-electron chi connectivity index (χ1n) is 4.65. The van der Waals surface area contributed by atoms with Crippen LogP contribution in [0.3, 0.4) is 0 Å². The molecule has 0 aliphatic carbocycles. The molecule has 0 aliphatic rings. The van der Waals surface area contributed by atoms with E-state index in [1.807, 2.05) is 0 Å². The van der Waals surface area contributed by atoms with Crippen LogP contribution in [0.4, 0.5) is 4.39 Å². The number of benzene rings is 1. The van der Waals surface area contributed by atoms with Gasteiger partial charge < -0.3 is 9.47 Å². The molecule has 6 heteroatoms. The molecule has 0 amide bonds. The number of carbonyl (C=O) groups excluding carboxylic acids is 2. The summed E-state index contributed by atoms with van der Waals surface area (Å²) in [5.74, 6) is -1.95. The van der Waals surface area contributed by atoms with Crippen LogP contribution in [-0.2, 0) is 20.9 Å². The van der Waals surface area contributed by atoms with Gasteiger partial charge in [0.05, 0.1) is 12.7 Å². The lowest BCUT2D eigenvalue weighted by atomic mass is 10.1. The maximum absolute atomic E-state index is 13.5. The van der Waals surface area contributed by atoms with E-state index in [0.717, 1.165) is 6.07 Å². The highest BCUT2D eigenvalue weighted by molar-refractivity contribution is 9.10. The summed E-state index contributed by atoms with van der Waals surface area (Å²) >= 11 is 3.16. The van der Waals surface area contributed by atoms with Crippen molar-refractivity contribution in [1.82, 2.24) is 0 Å². The molecular formula is C11H10BrFO4. The van der Waals surface area contributed by atoms with Crippen molar-refractivity contribution in [1.29, 1.82) is 0 Å². The lowest BCUT2D eigenvalue weighted by Crippen LogP contribution is -2.07. The van der Waals surface area contributed by atoms with Gasteiger partial charge in [0.1, 0.15) is 12.4 Å². The van der Waals surface area contributed by atoms with Crippen molar-refractivity contribution in [2.24, 2.45) is 0 Å². The van der Waals surface area contributed by atoms with Crippen molar-refractivity contribution in [2.45, 2.75) is 13.5 Å². The van der Waals surface area contributed by atoms with Gasteiger partial charge in [-0.1, -0.05) is 15.9 Å². The molecule has 0 aromatic heterocycles. The van der Waals surface area contributed by atoms with Crippen LogP contribution in [0.1, 0.15) is 22.8 Å². The number of methoxy groups -OCH3 is 1. The molecule has 0 fully saturated rings. The standard InChI is InChI=1S/C11H10BrFO4/c1-6(14)17-5-7-3-10(13)8(4-9(7)12)11(15)16-2/h3-4H,5H2,1-2H3.